The molecule has 0 aromatic carbocycles. The number of carbonyl (C=O) groups is 1. The maximum Gasteiger partial charge on any atom is 0.224 e. The molecule has 0 saturated carbocycles. The summed E-state index contributed by atoms with van der Waals surface area (Å²) < 4.78 is 1.81. The lowest BCUT2D eigenvalue weighted by Crippen LogP contribution is -2.46. The minimum absolute atomic E-state index is 0.00431. The SMILES string of the molecule is Cc1cc(N2CC[C@](O)(CN(C)C(=O)CCn3nccc3C)C2)ncn1. The Bertz CT molecular complexity index is 777. The van der Waals surface area contributed by atoms with E-state index in [1.807, 2.05) is 35.6 Å². The van der Waals surface area contributed by atoms with E-state index in [0.717, 1.165) is 17.2 Å². The number of likely N-dealkylation sites (N-methyl/N-ethyl adjacent to an activating group) is 1. The molecule has 0 aliphatic carbocycles. The highest BCUT2D eigenvalue weighted by atomic mass is 16.3. The molecule has 1 aliphatic rings. The van der Waals surface area contributed by atoms with Crippen LogP contribution in [0.5, 0.6) is 0 Å². The number of hydrogen-bond acceptors (Lipinski definition) is 6. The van der Waals surface area contributed by atoms with E-state index in [0.29, 0.717) is 39.0 Å². The van der Waals surface area contributed by atoms with E-state index in [4.69, 9.17) is 0 Å². The van der Waals surface area contributed by atoms with Crippen molar-refractivity contribution in [3.8, 4) is 0 Å². The molecule has 3 rings (SSSR count). The van der Waals surface area contributed by atoms with Crippen molar-refractivity contribution in [2.45, 2.75) is 38.8 Å². The Morgan fingerprint density at radius 3 is 2.88 bits per heavy atom. The summed E-state index contributed by atoms with van der Waals surface area (Å²) >= 11 is 0. The van der Waals surface area contributed by atoms with Crippen molar-refractivity contribution in [2.75, 3.05) is 31.6 Å². The fraction of sp³-hybridized carbons (Fsp3) is 0.556. The van der Waals surface area contributed by atoms with Gasteiger partial charge in [-0.05, 0) is 26.3 Å². The largest absolute Gasteiger partial charge is 0.386 e. The van der Waals surface area contributed by atoms with Crippen molar-refractivity contribution in [1.29, 1.82) is 0 Å². The predicted molar refractivity (Wildman–Crippen MR) is 97.8 cm³/mol. The lowest BCUT2D eigenvalue weighted by molar-refractivity contribution is -0.133. The number of aliphatic hydroxyl groups is 1. The molecule has 26 heavy (non-hydrogen) atoms. The average molecular weight is 358 g/mol. The third-order valence-corrected chi connectivity index (χ3v) is 4.87. The number of aromatic nitrogens is 4. The maximum atomic E-state index is 12.4. The number of β-amino-alcohol motifs (C(OH)–C–C–N with tert-alkyl or cyclic N) is 1. The molecule has 1 fully saturated rings. The molecular weight excluding hydrogens is 332 g/mol. The first kappa shape index (κ1) is 18.3. The Hall–Kier alpha value is -2.48. The van der Waals surface area contributed by atoms with Crippen LogP contribution in [0.1, 0.15) is 24.2 Å². The molecule has 8 heteroatoms. The average Bonchev–Trinajstić information content (AvgIpc) is 3.18. The van der Waals surface area contributed by atoms with Crippen LogP contribution in [0.25, 0.3) is 0 Å². The van der Waals surface area contributed by atoms with Gasteiger partial charge in [0.2, 0.25) is 5.91 Å². The van der Waals surface area contributed by atoms with Crippen LogP contribution >= 0.6 is 0 Å². The Labute approximate surface area is 153 Å². The normalized spacial score (nSPS) is 19.8. The van der Waals surface area contributed by atoms with Gasteiger partial charge in [0.1, 0.15) is 17.7 Å². The molecule has 2 aromatic heterocycles. The molecule has 1 aliphatic heterocycles. The Morgan fingerprint density at radius 2 is 2.19 bits per heavy atom. The van der Waals surface area contributed by atoms with Gasteiger partial charge in [0.25, 0.3) is 0 Å². The van der Waals surface area contributed by atoms with Crippen molar-refractivity contribution in [3.63, 3.8) is 0 Å². The number of carbonyl (C=O) groups excluding carboxylic acids is 1. The smallest absolute Gasteiger partial charge is 0.224 e. The second-order valence-electron chi connectivity index (χ2n) is 7.11. The summed E-state index contributed by atoms with van der Waals surface area (Å²) in [4.78, 5) is 24.5. The van der Waals surface area contributed by atoms with Crippen LogP contribution in [-0.2, 0) is 11.3 Å². The van der Waals surface area contributed by atoms with Gasteiger partial charge >= 0.3 is 0 Å². The van der Waals surface area contributed by atoms with Crippen LogP contribution < -0.4 is 4.90 Å². The van der Waals surface area contributed by atoms with Crippen molar-refractivity contribution >= 4 is 11.7 Å². The summed E-state index contributed by atoms with van der Waals surface area (Å²) in [5.74, 6) is 0.821. The molecule has 1 saturated heterocycles. The molecular formula is C18H26N6O2. The number of aryl methyl sites for hydroxylation is 3. The molecule has 0 spiro atoms. The monoisotopic (exact) mass is 358 g/mol. The first-order valence-corrected chi connectivity index (χ1v) is 8.85. The van der Waals surface area contributed by atoms with Gasteiger partial charge in [0, 0.05) is 56.8 Å². The highest BCUT2D eigenvalue weighted by Crippen LogP contribution is 2.26. The van der Waals surface area contributed by atoms with E-state index < -0.39 is 5.60 Å². The van der Waals surface area contributed by atoms with Crippen LogP contribution in [-0.4, -0.2) is 67.9 Å². The van der Waals surface area contributed by atoms with Crippen LogP contribution in [0.15, 0.2) is 24.7 Å². The molecule has 1 amide bonds. The third-order valence-electron chi connectivity index (χ3n) is 4.87. The summed E-state index contributed by atoms with van der Waals surface area (Å²) in [6.07, 6.45) is 4.24. The highest BCUT2D eigenvalue weighted by molar-refractivity contribution is 5.75. The van der Waals surface area contributed by atoms with Gasteiger partial charge in [-0.3, -0.25) is 9.48 Å². The Kier molecular flexibility index (Phi) is 5.22. The number of anilines is 1. The standard InChI is InChI=1S/C18H26N6O2/c1-14-10-16(20-13-19-14)23-9-6-18(26,12-23)11-22(3)17(25)5-8-24-15(2)4-7-21-24/h4,7,10,13,26H,5-6,8-9,11-12H2,1-3H3/t18-/m0/s1. The van der Waals surface area contributed by atoms with E-state index in [1.165, 1.54) is 6.33 Å². The van der Waals surface area contributed by atoms with Crippen LogP contribution in [0.3, 0.4) is 0 Å². The zero-order valence-electron chi connectivity index (χ0n) is 15.6. The molecule has 3 heterocycles. The first-order chi connectivity index (χ1) is 12.4. The Balaban J connectivity index is 1.54. The van der Waals surface area contributed by atoms with Gasteiger partial charge in [-0.1, -0.05) is 0 Å². The van der Waals surface area contributed by atoms with E-state index in [2.05, 4.69) is 15.1 Å². The lowest BCUT2D eigenvalue weighted by Gasteiger charge is -2.29. The van der Waals surface area contributed by atoms with E-state index in [9.17, 15) is 9.90 Å². The zero-order valence-corrected chi connectivity index (χ0v) is 15.6. The van der Waals surface area contributed by atoms with Gasteiger partial charge in [-0.15, -0.1) is 0 Å². The zero-order chi connectivity index (χ0) is 18.7. The van der Waals surface area contributed by atoms with Crippen LogP contribution in [0, 0.1) is 13.8 Å². The summed E-state index contributed by atoms with van der Waals surface area (Å²) in [5.41, 5.74) is 1.00. The minimum atomic E-state index is -0.926. The van der Waals surface area contributed by atoms with Gasteiger partial charge in [0.15, 0.2) is 0 Å². The van der Waals surface area contributed by atoms with Crippen LogP contribution in [0.4, 0.5) is 5.82 Å². The fourth-order valence-corrected chi connectivity index (χ4v) is 3.35. The fourth-order valence-electron chi connectivity index (χ4n) is 3.35. The molecule has 1 N–H and O–H groups in total. The maximum absolute atomic E-state index is 12.4. The number of hydrogen-bond donors (Lipinski definition) is 1. The van der Waals surface area contributed by atoms with Gasteiger partial charge < -0.3 is 14.9 Å². The van der Waals surface area contributed by atoms with Crippen LogP contribution in [0.2, 0.25) is 0 Å². The third kappa shape index (κ3) is 4.19. The number of amides is 1. The van der Waals surface area contributed by atoms with Gasteiger partial charge in [-0.2, -0.15) is 5.10 Å². The van der Waals surface area contributed by atoms with Crippen molar-refractivity contribution in [3.05, 3.63) is 36.0 Å². The summed E-state index contributed by atoms with van der Waals surface area (Å²) in [6, 6.07) is 3.83. The minimum Gasteiger partial charge on any atom is -0.386 e. The number of rotatable bonds is 6. The predicted octanol–water partition coefficient (Wildman–Crippen LogP) is 0.780. The second-order valence-corrected chi connectivity index (χ2v) is 7.11. The van der Waals surface area contributed by atoms with Crippen molar-refractivity contribution < 1.29 is 9.90 Å². The summed E-state index contributed by atoms with van der Waals surface area (Å²) in [5, 5.41) is 15.1. The quantitative estimate of drug-likeness (QED) is 0.821. The first-order valence-electron chi connectivity index (χ1n) is 8.85. The highest BCUT2D eigenvalue weighted by Gasteiger charge is 2.38. The van der Waals surface area contributed by atoms with Crippen molar-refractivity contribution in [2.24, 2.45) is 0 Å². The molecule has 0 radical (unpaired) electrons. The number of nitrogens with zero attached hydrogens (tertiary/aromatic N) is 6. The molecule has 8 nitrogen and oxygen atoms in total. The molecule has 1 atom stereocenters. The van der Waals surface area contributed by atoms with Gasteiger partial charge in [0.05, 0.1) is 6.54 Å². The molecule has 0 bridgehead atoms. The van der Waals surface area contributed by atoms with E-state index in [1.54, 1.807) is 18.1 Å². The molecule has 140 valence electrons. The second kappa shape index (κ2) is 7.41. The molecule has 2 aromatic rings. The summed E-state index contributed by atoms with van der Waals surface area (Å²) in [7, 11) is 1.74. The van der Waals surface area contributed by atoms with E-state index >= 15 is 0 Å². The molecule has 0 unspecified atom stereocenters. The topological polar surface area (TPSA) is 87.4 Å². The van der Waals surface area contributed by atoms with Gasteiger partial charge in [-0.25, -0.2) is 9.97 Å². The summed E-state index contributed by atoms with van der Waals surface area (Å²) in [6.45, 7) is 5.91. The van der Waals surface area contributed by atoms with E-state index in [-0.39, 0.29) is 5.91 Å². The Morgan fingerprint density at radius 1 is 1.38 bits per heavy atom. The lowest BCUT2D eigenvalue weighted by atomic mass is 10.0. The van der Waals surface area contributed by atoms with Crippen molar-refractivity contribution in [1.82, 2.24) is 24.6 Å².